The Labute approximate surface area is 213 Å². The molecule has 2 N–H and O–H groups in total. The molecule has 0 bridgehead atoms. The van der Waals surface area contributed by atoms with Crippen molar-refractivity contribution < 1.29 is 23.5 Å². The van der Waals surface area contributed by atoms with Crippen LogP contribution in [0.15, 0.2) is 78.6 Å². The van der Waals surface area contributed by atoms with Crippen molar-refractivity contribution in [2.24, 2.45) is 5.73 Å². The zero-order valence-corrected chi connectivity index (χ0v) is 20.1. The van der Waals surface area contributed by atoms with E-state index in [1.165, 1.54) is 12.1 Å². The number of ether oxygens (including phenoxy) is 2. The molecule has 188 valence electrons. The highest BCUT2D eigenvalue weighted by molar-refractivity contribution is 5.93. The summed E-state index contributed by atoms with van der Waals surface area (Å²) in [5, 5.41) is 0. The van der Waals surface area contributed by atoms with Crippen LogP contribution in [-0.2, 0) is 16.0 Å². The fraction of sp³-hybridized carbons (Fsp3) is 0.214. The molecule has 2 atom stereocenters. The number of aromatic nitrogens is 2. The summed E-state index contributed by atoms with van der Waals surface area (Å²) in [5.41, 5.74) is 8.01. The van der Waals surface area contributed by atoms with Crippen molar-refractivity contribution in [3.8, 4) is 17.1 Å². The summed E-state index contributed by atoms with van der Waals surface area (Å²) in [6.07, 6.45) is 4.46. The number of alkyl halides is 1. The number of nitrogens with two attached hydrogens (primary N) is 1. The van der Waals surface area contributed by atoms with E-state index >= 15 is 0 Å². The zero-order chi connectivity index (χ0) is 25.9. The van der Waals surface area contributed by atoms with Crippen LogP contribution in [0.25, 0.3) is 11.4 Å². The molecule has 1 amide bonds. The van der Waals surface area contributed by atoms with Gasteiger partial charge in [-0.25, -0.2) is 19.2 Å². The van der Waals surface area contributed by atoms with E-state index in [9.17, 15) is 14.0 Å². The van der Waals surface area contributed by atoms with Crippen molar-refractivity contribution in [2.45, 2.75) is 32.0 Å². The lowest BCUT2D eigenvalue weighted by atomic mass is 10.1. The largest absolute Gasteiger partial charge is 0.464 e. The molecule has 5 rings (SSSR count). The third-order valence-electron chi connectivity index (χ3n) is 6.11. The number of para-hydroxylation sites is 1. The summed E-state index contributed by atoms with van der Waals surface area (Å²) >= 11 is 0. The van der Waals surface area contributed by atoms with Crippen LogP contribution in [0.1, 0.15) is 29.4 Å². The highest BCUT2D eigenvalue weighted by Gasteiger charge is 2.37. The number of amides is 1. The van der Waals surface area contributed by atoms with Crippen LogP contribution in [-0.4, -0.2) is 40.7 Å². The SMILES string of the molecule is CCOC(=O)[C@@H]1Cc2ccccc2N1c1cc(C(N)=O)nc(-c2ccc(OC3=CCC(F)C=C3)cc2)n1. The number of benzene rings is 2. The van der Waals surface area contributed by atoms with Crippen LogP contribution in [0.4, 0.5) is 15.9 Å². The molecule has 1 aromatic heterocycles. The van der Waals surface area contributed by atoms with Crippen molar-refractivity contribution in [3.63, 3.8) is 0 Å². The summed E-state index contributed by atoms with van der Waals surface area (Å²) in [7, 11) is 0. The summed E-state index contributed by atoms with van der Waals surface area (Å²) in [6, 6.07) is 15.4. The number of anilines is 2. The highest BCUT2D eigenvalue weighted by Crippen LogP contribution is 2.38. The van der Waals surface area contributed by atoms with Crippen molar-refractivity contribution >= 4 is 23.4 Å². The average molecular weight is 501 g/mol. The van der Waals surface area contributed by atoms with E-state index in [0.29, 0.717) is 29.3 Å². The Morgan fingerprint density at radius 2 is 1.92 bits per heavy atom. The summed E-state index contributed by atoms with van der Waals surface area (Å²) in [4.78, 5) is 35.9. The van der Waals surface area contributed by atoms with Gasteiger partial charge in [0.2, 0.25) is 0 Å². The van der Waals surface area contributed by atoms with Gasteiger partial charge >= 0.3 is 5.97 Å². The van der Waals surface area contributed by atoms with Crippen LogP contribution in [0.2, 0.25) is 0 Å². The average Bonchev–Trinajstić information content (AvgIpc) is 3.30. The first kappa shape index (κ1) is 24.2. The Hall–Kier alpha value is -4.53. The number of fused-ring (bicyclic) bond motifs is 1. The second-order valence-electron chi connectivity index (χ2n) is 8.61. The Kier molecular flexibility index (Phi) is 6.68. The Morgan fingerprint density at radius 1 is 1.14 bits per heavy atom. The van der Waals surface area contributed by atoms with Gasteiger partial charge in [-0.1, -0.05) is 18.2 Å². The number of carbonyl (C=O) groups excluding carboxylic acids is 2. The molecule has 2 heterocycles. The van der Waals surface area contributed by atoms with Gasteiger partial charge in [-0.3, -0.25) is 4.79 Å². The third kappa shape index (κ3) is 5.06. The highest BCUT2D eigenvalue weighted by atomic mass is 19.1. The molecule has 0 saturated heterocycles. The molecule has 9 heteroatoms. The molecule has 2 aromatic carbocycles. The first-order valence-corrected chi connectivity index (χ1v) is 12.0. The molecule has 2 aliphatic rings. The molecular weight excluding hydrogens is 475 g/mol. The monoisotopic (exact) mass is 500 g/mol. The van der Waals surface area contributed by atoms with Gasteiger partial charge in [-0.15, -0.1) is 0 Å². The van der Waals surface area contributed by atoms with Gasteiger partial charge in [0.1, 0.15) is 35.2 Å². The molecule has 1 unspecified atom stereocenters. The summed E-state index contributed by atoms with van der Waals surface area (Å²) in [5.74, 6) is 0.647. The minimum atomic E-state index is -0.996. The number of rotatable bonds is 7. The second-order valence-corrected chi connectivity index (χ2v) is 8.61. The number of allylic oxidation sites excluding steroid dienone is 3. The van der Waals surface area contributed by atoms with Crippen molar-refractivity contribution in [1.29, 1.82) is 0 Å². The number of primary amides is 1. The maximum atomic E-state index is 13.3. The van der Waals surface area contributed by atoms with Gasteiger partial charge < -0.3 is 20.1 Å². The van der Waals surface area contributed by atoms with E-state index in [2.05, 4.69) is 4.98 Å². The van der Waals surface area contributed by atoms with E-state index in [1.807, 2.05) is 24.3 Å². The Bertz CT molecular complexity index is 1400. The van der Waals surface area contributed by atoms with E-state index in [-0.39, 0.29) is 30.5 Å². The van der Waals surface area contributed by atoms with E-state index in [1.54, 1.807) is 48.2 Å². The number of hydrogen-bond donors (Lipinski definition) is 1. The molecule has 3 aromatic rings. The predicted molar refractivity (Wildman–Crippen MR) is 136 cm³/mol. The van der Waals surface area contributed by atoms with E-state index in [0.717, 1.165) is 11.3 Å². The van der Waals surface area contributed by atoms with Gasteiger partial charge in [0, 0.05) is 30.2 Å². The summed E-state index contributed by atoms with van der Waals surface area (Å²) < 4.78 is 24.4. The van der Waals surface area contributed by atoms with Crippen LogP contribution in [0, 0.1) is 0 Å². The smallest absolute Gasteiger partial charge is 0.329 e. The first-order chi connectivity index (χ1) is 17.9. The zero-order valence-electron chi connectivity index (χ0n) is 20.1. The molecule has 0 fully saturated rings. The fourth-order valence-corrected chi connectivity index (χ4v) is 4.37. The minimum absolute atomic E-state index is 0.0191. The number of hydrogen-bond acceptors (Lipinski definition) is 7. The maximum absolute atomic E-state index is 13.3. The van der Waals surface area contributed by atoms with Crippen LogP contribution in [0.5, 0.6) is 5.75 Å². The van der Waals surface area contributed by atoms with Gasteiger partial charge in [0.25, 0.3) is 5.91 Å². The second kappa shape index (κ2) is 10.2. The predicted octanol–water partition coefficient (Wildman–Crippen LogP) is 4.43. The fourth-order valence-electron chi connectivity index (χ4n) is 4.37. The molecular formula is C28H25FN4O4. The molecule has 0 spiro atoms. The van der Waals surface area contributed by atoms with Gasteiger partial charge in [0.05, 0.1) is 6.61 Å². The van der Waals surface area contributed by atoms with E-state index in [4.69, 9.17) is 20.2 Å². The molecule has 0 saturated carbocycles. The van der Waals surface area contributed by atoms with Crippen molar-refractivity contribution in [1.82, 2.24) is 9.97 Å². The quantitative estimate of drug-likeness (QED) is 0.478. The number of esters is 1. The standard InChI is InChI=1S/C28H25FN4O4/c1-2-36-28(35)24-15-18-5-3-4-6-23(18)33(24)25-16-22(26(30)34)31-27(32-25)17-7-11-20(12-8-17)37-21-13-9-19(29)10-14-21/h3-9,11-14,16,19,24H,2,10,15H2,1H3,(H2,30,34)/t19?,24-/m0/s1. The van der Waals surface area contributed by atoms with Crippen molar-refractivity contribution in [2.75, 3.05) is 11.5 Å². The molecule has 1 aliphatic carbocycles. The number of halogens is 1. The van der Waals surface area contributed by atoms with Crippen LogP contribution in [0.3, 0.4) is 0 Å². The van der Waals surface area contributed by atoms with Crippen LogP contribution < -0.4 is 15.4 Å². The lowest BCUT2D eigenvalue weighted by Gasteiger charge is -2.25. The Morgan fingerprint density at radius 3 is 2.62 bits per heavy atom. The molecule has 37 heavy (non-hydrogen) atoms. The van der Waals surface area contributed by atoms with E-state index < -0.39 is 18.1 Å². The molecule has 8 nitrogen and oxygen atoms in total. The maximum Gasteiger partial charge on any atom is 0.329 e. The minimum Gasteiger partial charge on any atom is -0.464 e. The van der Waals surface area contributed by atoms with Gasteiger partial charge in [-0.2, -0.15) is 0 Å². The molecule has 0 radical (unpaired) electrons. The van der Waals surface area contributed by atoms with Gasteiger partial charge in [0.15, 0.2) is 5.82 Å². The van der Waals surface area contributed by atoms with Crippen LogP contribution >= 0.6 is 0 Å². The molecule has 1 aliphatic heterocycles. The first-order valence-electron chi connectivity index (χ1n) is 12.0. The summed E-state index contributed by atoms with van der Waals surface area (Å²) in [6.45, 7) is 2.00. The lowest BCUT2D eigenvalue weighted by molar-refractivity contribution is -0.144. The van der Waals surface area contributed by atoms with Gasteiger partial charge in [-0.05, 0) is 61.0 Å². The normalized spacial score (nSPS) is 18.2. The lowest BCUT2D eigenvalue weighted by Crippen LogP contribution is -2.37. The number of nitrogens with zero attached hydrogens (tertiary/aromatic N) is 3. The number of carbonyl (C=O) groups is 2. The topological polar surface area (TPSA) is 108 Å². The van der Waals surface area contributed by atoms with Crippen molar-refractivity contribution in [3.05, 3.63) is 89.8 Å². The Balaban J connectivity index is 1.50. The third-order valence-corrected chi connectivity index (χ3v) is 6.11.